The molecule has 0 aromatic carbocycles. The second-order valence-electron chi connectivity index (χ2n) is 6.51. The van der Waals surface area contributed by atoms with Crippen molar-refractivity contribution in [3.05, 3.63) is 12.5 Å². The van der Waals surface area contributed by atoms with Crippen LogP contribution in [0.2, 0.25) is 0 Å². The molecular formula is C17H26N6O. The Kier molecular flexibility index (Phi) is 5.27. The molecule has 24 heavy (non-hydrogen) atoms. The average Bonchev–Trinajstić information content (AvgIpc) is 2.81. The second kappa shape index (κ2) is 7.59. The lowest BCUT2D eigenvalue weighted by Crippen LogP contribution is -2.34. The van der Waals surface area contributed by atoms with Crippen molar-refractivity contribution in [2.45, 2.75) is 58.5 Å². The average molecular weight is 330 g/mol. The van der Waals surface area contributed by atoms with E-state index >= 15 is 0 Å². The molecule has 0 spiro atoms. The minimum atomic E-state index is -0.0377. The van der Waals surface area contributed by atoms with E-state index in [0.29, 0.717) is 0 Å². The summed E-state index contributed by atoms with van der Waals surface area (Å²) in [7, 11) is 0. The van der Waals surface area contributed by atoms with E-state index in [1.807, 2.05) is 6.92 Å². The molecule has 7 heteroatoms. The molecule has 2 aromatic heterocycles. The molecule has 0 radical (unpaired) electrons. The Labute approximate surface area is 142 Å². The lowest BCUT2D eigenvalue weighted by atomic mass is 10.2. The van der Waals surface area contributed by atoms with Crippen molar-refractivity contribution in [3.8, 4) is 0 Å². The summed E-state index contributed by atoms with van der Waals surface area (Å²) in [6.45, 7) is 6.27. The van der Waals surface area contributed by atoms with Gasteiger partial charge in [-0.25, -0.2) is 14.6 Å². The number of carbonyl (C=O) groups excluding carboxylic acids is 1. The van der Waals surface area contributed by atoms with E-state index in [0.717, 1.165) is 36.4 Å². The highest BCUT2D eigenvalue weighted by Gasteiger charge is 2.18. The Morgan fingerprint density at radius 2 is 2.00 bits per heavy atom. The fourth-order valence-electron chi connectivity index (χ4n) is 3.09. The smallest absolute Gasteiger partial charge is 0.242 e. The molecule has 1 N–H and O–H groups in total. The number of hydrogen-bond acceptors (Lipinski definition) is 5. The normalized spacial score (nSPS) is 16.8. The minimum absolute atomic E-state index is 0.0377. The van der Waals surface area contributed by atoms with Crippen molar-refractivity contribution in [2.24, 2.45) is 0 Å². The van der Waals surface area contributed by atoms with E-state index in [-0.39, 0.29) is 18.5 Å². The minimum Gasteiger partial charge on any atom is -0.356 e. The molecule has 0 saturated carbocycles. The molecule has 1 aliphatic rings. The zero-order chi connectivity index (χ0) is 16.9. The highest BCUT2D eigenvalue weighted by molar-refractivity contribution is 5.87. The van der Waals surface area contributed by atoms with Crippen LogP contribution >= 0.6 is 0 Å². The van der Waals surface area contributed by atoms with Crippen LogP contribution in [0.15, 0.2) is 12.5 Å². The van der Waals surface area contributed by atoms with Gasteiger partial charge in [-0.05, 0) is 26.2 Å². The van der Waals surface area contributed by atoms with Gasteiger partial charge in [-0.15, -0.1) is 0 Å². The predicted octanol–water partition coefficient (Wildman–Crippen LogP) is 2.12. The molecule has 1 aliphatic heterocycles. The molecular weight excluding hydrogens is 304 g/mol. The number of hydrogen-bond donors (Lipinski definition) is 1. The molecule has 1 atom stereocenters. The first-order valence-electron chi connectivity index (χ1n) is 8.90. The standard InChI is InChI=1S/C17H26N6O/c1-3-13(2)21-15(24)11-23-17-14(10-20-23)16(18-12-19-17)22-8-6-4-5-7-9-22/h10,12-13H,3-9,11H2,1-2H3,(H,21,24)/t13-/m0/s1. The quantitative estimate of drug-likeness (QED) is 0.909. The summed E-state index contributed by atoms with van der Waals surface area (Å²) in [6, 6.07) is 0.168. The molecule has 1 fully saturated rings. The summed E-state index contributed by atoms with van der Waals surface area (Å²) in [5, 5.41) is 8.27. The first-order chi connectivity index (χ1) is 11.7. The maximum atomic E-state index is 12.1. The molecule has 7 nitrogen and oxygen atoms in total. The van der Waals surface area contributed by atoms with E-state index in [4.69, 9.17) is 0 Å². The summed E-state index contributed by atoms with van der Waals surface area (Å²) in [5.41, 5.74) is 0.726. The van der Waals surface area contributed by atoms with Crippen molar-refractivity contribution in [3.63, 3.8) is 0 Å². The van der Waals surface area contributed by atoms with Gasteiger partial charge in [0.25, 0.3) is 0 Å². The third-order valence-corrected chi connectivity index (χ3v) is 4.63. The number of nitrogens with one attached hydrogen (secondary N) is 1. The fourth-order valence-corrected chi connectivity index (χ4v) is 3.09. The SMILES string of the molecule is CC[C@H](C)NC(=O)Cn1ncc2c(N3CCCCCC3)ncnc21. The summed E-state index contributed by atoms with van der Waals surface area (Å²) in [6.07, 6.45) is 9.21. The van der Waals surface area contributed by atoms with Gasteiger partial charge >= 0.3 is 0 Å². The van der Waals surface area contributed by atoms with Crippen LogP contribution in [0, 0.1) is 0 Å². The van der Waals surface area contributed by atoms with Gasteiger partial charge in [0.05, 0.1) is 11.6 Å². The third kappa shape index (κ3) is 3.66. The van der Waals surface area contributed by atoms with Crippen LogP contribution in [0.1, 0.15) is 46.0 Å². The second-order valence-corrected chi connectivity index (χ2v) is 6.51. The fraction of sp³-hybridized carbons (Fsp3) is 0.647. The van der Waals surface area contributed by atoms with Crippen molar-refractivity contribution < 1.29 is 4.79 Å². The van der Waals surface area contributed by atoms with Crippen LogP contribution in [-0.2, 0) is 11.3 Å². The first kappa shape index (κ1) is 16.7. The van der Waals surface area contributed by atoms with Gasteiger partial charge < -0.3 is 10.2 Å². The van der Waals surface area contributed by atoms with Crippen LogP contribution in [0.4, 0.5) is 5.82 Å². The summed E-state index contributed by atoms with van der Waals surface area (Å²) >= 11 is 0. The van der Waals surface area contributed by atoms with Crippen molar-refractivity contribution in [1.29, 1.82) is 0 Å². The van der Waals surface area contributed by atoms with E-state index in [1.165, 1.54) is 25.7 Å². The van der Waals surface area contributed by atoms with Gasteiger partial charge in [0, 0.05) is 19.1 Å². The van der Waals surface area contributed by atoms with E-state index in [9.17, 15) is 4.79 Å². The van der Waals surface area contributed by atoms with E-state index in [2.05, 4.69) is 32.2 Å². The first-order valence-corrected chi connectivity index (χ1v) is 8.90. The zero-order valence-corrected chi connectivity index (χ0v) is 14.5. The maximum absolute atomic E-state index is 12.1. The molecule has 3 heterocycles. The van der Waals surface area contributed by atoms with Gasteiger partial charge in [-0.2, -0.15) is 5.10 Å². The molecule has 0 aliphatic carbocycles. The van der Waals surface area contributed by atoms with Crippen LogP contribution in [0.5, 0.6) is 0 Å². The van der Waals surface area contributed by atoms with Crippen molar-refractivity contribution in [2.75, 3.05) is 18.0 Å². The lowest BCUT2D eigenvalue weighted by molar-refractivity contribution is -0.122. The summed E-state index contributed by atoms with van der Waals surface area (Å²) in [5.74, 6) is 0.903. The van der Waals surface area contributed by atoms with Crippen LogP contribution in [0.25, 0.3) is 11.0 Å². The van der Waals surface area contributed by atoms with Gasteiger partial charge in [-0.1, -0.05) is 19.8 Å². The van der Waals surface area contributed by atoms with Gasteiger partial charge in [-0.3, -0.25) is 4.79 Å². The molecule has 1 amide bonds. The highest BCUT2D eigenvalue weighted by atomic mass is 16.2. The summed E-state index contributed by atoms with van der Waals surface area (Å²) < 4.78 is 1.66. The Bertz CT molecular complexity index is 689. The number of amides is 1. The molecule has 3 rings (SSSR count). The number of aromatic nitrogens is 4. The van der Waals surface area contributed by atoms with Crippen molar-refractivity contribution in [1.82, 2.24) is 25.1 Å². The summed E-state index contributed by atoms with van der Waals surface area (Å²) in [4.78, 5) is 23.3. The predicted molar refractivity (Wildman–Crippen MR) is 93.9 cm³/mol. The number of anilines is 1. The van der Waals surface area contributed by atoms with Crippen LogP contribution in [-0.4, -0.2) is 44.8 Å². The van der Waals surface area contributed by atoms with Gasteiger partial charge in [0.15, 0.2) is 5.65 Å². The van der Waals surface area contributed by atoms with Crippen LogP contribution in [0.3, 0.4) is 0 Å². The Morgan fingerprint density at radius 3 is 2.71 bits per heavy atom. The van der Waals surface area contributed by atoms with E-state index in [1.54, 1.807) is 17.2 Å². The lowest BCUT2D eigenvalue weighted by Gasteiger charge is -2.21. The number of nitrogens with zero attached hydrogens (tertiary/aromatic N) is 5. The van der Waals surface area contributed by atoms with Crippen LogP contribution < -0.4 is 10.2 Å². The number of rotatable bonds is 5. The molecule has 130 valence electrons. The topological polar surface area (TPSA) is 75.9 Å². The zero-order valence-electron chi connectivity index (χ0n) is 14.5. The molecule has 0 unspecified atom stereocenters. The third-order valence-electron chi connectivity index (χ3n) is 4.63. The monoisotopic (exact) mass is 330 g/mol. The number of fused-ring (bicyclic) bond motifs is 1. The maximum Gasteiger partial charge on any atom is 0.242 e. The molecule has 1 saturated heterocycles. The Balaban J connectivity index is 1.82. The van der Waals surface area contributed by atoms with Crippen molar-refractivity contribution >= 4 is 22.8 Å². The Morgan fingerprint density at radius 1 is 1.25 bits per heavy atom. The van der Waals surface area contributed by atoms with Gasteiger partial charge in [0.1, 0.15) is 18.7 Å². The van der Waals surface area contributed by atoms with Gasteiger partial charge in [0.2, 0.25) is 5.91 Å². The largest absolute Gasteiger partial charge is 0.356 e. The molecule has 2 aromatic rings. The number of carbonyl (C=O) groups is 1. The van der Waals surface area contributed by atoms with E-state index < -0.39 is 0 Å². The molecule has 0 bridgehead atoms. The Hall–Kier alpha value is -2.18. The highest BCUT2D eigenvalue weighted by Crippen LogP contribution is 2.25.